The molecule has 0 N–H and O–H groups in total. The van der Waals surface area contributed by atoms with Gasteiger partial charge in [-0.15, -0.1) is 0 Å². The molecule has 0 amide bonds. The van der Waals surface area contributed by atoms with Crippen LogP contribution in [-0.4, -0.2) is 4.92 Å². The molecule has 1 aliphatic rings. The average Bonchev–Trinajstić information content (AvgIpc) is 3.89. The van der Waals surface area contributed by atoms with E-state index in [1.807, 2.05) is 72.8 Å². The fourth-order valence-corrected chi connectivity index (χ4v) is 11.3. The molecule has 0 aromatic heterocycles. The van der Waals surface area contributed by atoms with Gasteiger partial charge >= 0.3 is 0 Å². The smallest absolute Gasteiger partial charge is 0.258 e. The summed E-state index contributed by atoms with van der Waals surface area (Å²) in [6.45, 7) is 0. The molecule has 360 valence electrons. The lowest BCUT2D eigenvalue weighted by Gasteiger charge is -2.25. The van der Waals surface area contributed by atoms with Gasteiger partial charge in [0, 0.05) is 6.07 Å². The minimum Gasteiger partial charge on any atom is -0.258 e. The SMILES string of the molecule is O=[N+]([O-])c1ccccc1-c1cc(-c2ccccc2)c(-c2ccccc2)c(-c2ccccc2)c1-c1ccccc1.c1ccc(-c2c3c(c(-c4ccccc4)c(-c4ccccc4)c2-c2ccccc2)-c2ccccc2C3)cc1. The molecule has 0 radical (unpaired) electrons. The molecule has 0 fully saturated rings. The zero-order chi connectivity index (χ0) is 51.2. The molecular weight excluding hydrogens is 923 g/mol. The summed E-state index contributed by atoms with van der Waals surface area (Å²) in [6.07, 6.45) is 0.935. The van der Waals surface area contributed by atoms with Crippen molar-refractivity contribution in [3.8, 4) is 111 Å². The van der Waals surface area contributed by atoms with Gasteiger partial charge in [-0.1, -0.05) is 279 Å². The van der Waals surface area contributed by atoms with Crippen LogP contribution in [0.1, 0.15) is 11.1 Å². The number of para-hydroxylation sites is 1. The zero-order valence-corrected chi connectivity index (χ0v) is 41.8. The van der Waals surface area contributed by atoms with E-state index in [4.69, 9.17) is 0 Å². The third-order valence-electron chi connectivity index (χ3n) is 14.5. The number of hydrogen-bond acceptors (Lipinski definition) is 2. The Hall–Kier alpha value is -9.96. The maximum atomic E-state index is 12.2. The minimum absolute atomic E-state index is 0.0835. The first-order chi connectivity index (χ1) is 37.6. The van der Waals surface area contributed by atoms with Crippen molar-refractivity contribution in [2.75, 3.05) is 0 Å². The summed E-state index contributed by atoms with van der Waals surface area (Å²) in [6, 6.07) is 103. The van der Waals surface area contributed by atoms with Crippen LogP contribution in [0.25, 0.3) is 111 Å². The average molecular weight is 974 g/mol. The summed E-state index contributed by atoms with van der Waals surface area (Å²) >= 11 is 0. The molecule has 0 atom stereocenters. The molecule has 0 heterocycles. The summed E-state index contributed by atoms with van der Waals surface area (Å²) < 4.78 is 0. The van der Waals surface area contributed by atoms with Gasteiger partial charge in [0.25, 0.3) is 5.69 Å². The van der Waals surface area contributed by atoms with E-state index in [9.17, 15) is 10.1 Å². The van der Waals surface area contributed by atoms with E-state index in [-0.39, 0.29) is 10.6 Å². The van der Waals surface area contributed by atoms with E-state index in [1.165, 1.54) is 66.8 Å². The predicted molar refractivity (Wildman–Crippen MR) is 317 cm³/mol. The van der Waals surface area contributed by atoms with Gasteiger partial charge in [-0.05, 0) is 135 Å². The van der Waals surface area contributed by atoms with Crippen LogP contribution in [0.3, 0.4) is 0 Å². The third kappa shape index (κ3) is 9.01. The van der Waals surface area contributed by atoms with E-state index in [2.05, 4.69) is 212 Å². The molecule has 0 bridgehead atoms. The molecule has 0 saturated carbocycles. The van der Waals surface area contributed by atoms with Crippen molar-refractivity contribution in [3.05, 3.63) is 318 Å². The van der Waals surface area contributed by atoms with Gasteiger partial charge < -0.3 is 0 Å². The van der Waals surface area contributed by atoms with Crippen LogP contribution < -0.4 is 0 Å². The van der Waals surface area contributed by atoms with Crippen molar-refractivity contribution >= 4 is 5.69 Å². The van der Waals surface area contributed by atoms with E-state index < -0.39 is 0 Å². The van der Waals surface area contributed by atoms with Crippen LogP contribution >= 0.6 is 0 Å². The Morgan fingerprint density at radius 3 is 0.961 bits per heavy atom. The Balaban J connectivity index is 0.000000153. The van der Waals surface area contributed by atoms with Crippen molar-refractivity contribution in [1.82, 2.24) is 0 Å². The molecule has 3 heteroatoms. The highest BCUT2D eigenvalue weighted by atomic mass is 16.6. The first-order valence-corrected chi connectivity index (χ1v) is 25.8. The summed E-state index contributed by atoms with van der Waals surface area (Å²) in [5.41, 5.74) is 25.6. The summed E-state index contributed by atoms with van der Waals surface area (Å²) in [5, 5.41) is 12.2. The number of fused-ring (bicyclic) bond motifs is 3. The maximum Gasteiger partial charge on any atom is 0.277 e. The van der Waals surface area contributed by atoms with Crippen molar-refractivity contribution < 1.29 is 4.92 Å². The molecule has 0 saturated heterocycles. The minimum atomic E-state index is -0.292. The third-order valence-corrected chi connectivity index (χ3v) is 14.5. The van der Waals surface area contributed by atoms with Crippen molar-refractivity contribution in [2.24, 2.45) is 0 Å². The molecule has 13 rings (SSSR count). The number of nitro benzene ring substituents is 1. The van der Waals surface area contributed by atoms with Crippen LogP contribution in [0, 0.1) is 10.1 Å². The van der Waals surface area contributed by atoms with Crippen LogP contribution in [0.4, 0.5) is 5.69 Å². The normalized spacial score (nSPS) is 11.2. The van der Waals surface area contributed by atoms with E-state index in [0.717, 1.165) is 56.5 Å². The molecule has 12 aromatic carbocycles. The topological polar surface area (TPSA) is 43.1 Å². The number of nitro groups is 1. The monoisotopic (exact) mass is 973 g/mol. The van der Waals surface area contributed by atoms with Gasteiger partial charge in [0.2, 0.25) is 0 Å². The van der Waals surface area contributed by atoms with Crippen LogP contribution in [0.2, 0.25) is 0 Å². The van der Waals surface area contributed by atoms with Gasteiger partial charge in [-0.25, -0.2) is 0 Å². The highest BCUT2D eigenvalue weighted by Gasteiger charge is 2.32. The number of rotatable bonds is 10. The molecule has 0 aliphatic heterocycles. The van der Waals surface area contributed by atoms with Gasteiger partial charge in [0.1, 0.15) is 0 Å². The predicted octanol–water partition coefficient (Wildman–Crippen LogP) is 19.9. The summed E-state index contributed by atoms with van der Waals surface area (Å²) in [7, 11) is 0. The lowest BCUT2D eigenvalue weighted by Crippen LogP contribution is -2.00. The van der Waals surface area contributed by atoms with Gasteiger partial charge in [0.15, 0.2) is 0 Å². The Bertz CT molecular complexity index is 3980. The Kier molecular flexibility index (Phi) is 13.2. The van der Waals surface area contributed by atoms with Crippen LogP contribution in [0.15, 0.2) is 297 Å². The quantitative estimate of drug-likeness (QED) is 0.101. The lowest BCUT2D eigenvalue weighted by molar-refractivity contribution is -0.384. The molecule has 12 aromatic rings. The van der Waals surface area contributed by atoms with Crippen molar-refractivity contribution in [1.29, 1.82) is 0 Å². The molecule has 76 heavy (non-hydrogen) atoms. The van der Waals surface area contributed by atoms with Crippen LogP contribution in [0.5, 0.6) is 0 Å². The summed E-state index contributed by atoms with van der Waals surface area (Å²) in [5.74, 6) is 0. The molecular formula is C73H51NO2. The highest BCUT2D eigenvalue weighted by molar-refractivity contribution is 6.11. The molecule has 1 aliphatic carbocycles. The Morgan fingerprint density at radius 1 is 0.250 bits per heavy atom. The Morgan fingerprint density at radius 2 is 0.539 bits per heavy atom. The van der Waals surface area contributed by atoms with Gasteiger partial charge in [-0.3, -0.25) is 10.1 Å². The standard InChI is InChI=1S/C37H26.C36H25NO2/c1-5-15-26(16-6-1)33-32-25-30-23-13-14-24-31(30)37(32)36(29-21-11-4-12-22-29)35(28-19-9-3-10-20-28)34(33)27-17-7-2-8-18-27;38-37(39)33-24-14-13-23-30(33)32-25-31(26-15-5-1-6-16-26)34(27-17-7-2-8-18-27)36(29-21-11-4-12-22-29)35(32)28-19-9-3-10-20-28/h1-24H,25H2;1-25H. The zero-order valence-electron chi connectivity index (χ0n) is 41.8. The van der Waals surface area contributed by atoms with E-state index in [1.54, 1.807) is 12.1 Å². The first kappa shape index (κ1) is 47.1. The fourth-order valence-electron chi connectivity index (χ4n) is 11.3. The van der Waals surface area contributed by atoms with Crippen molar-refractivity contribution in [3.63, 3.8) is 0 Å². The number of hydrogen-bond donors (Lipinski definition) is 0. The lowest BCUT2D eigenvalue weighted by atomic mass is 9.77. The van der Waals surface area contributed by atoms with E-state index in [0.29, 0.717) is 5.56 Å². The largest absolute Gasteiger partial charge is 0.277 e. The molecule has 0 spiro atoms. The van der Waals surface area contributed by atoms with Crippen molar-refractivity contribution in [2.45, 2.75) is 6.42 Å². The second kappa shape index (κ2) is 21.2. The molecule has 0 unspecified atom stereocenters. The first-order valence-electron chi connectivity index (χ1n) is 25.8. The molecule has 3 nitrogen and oxygen atoms in total. The second-order valence-corrected chi connectivity index (χ2v) is 19.0. The van der Waals surface area contributed by atoms with E-state index >= 15 is 0 Å². The fraction of sp³-hybridized carbons (Fsp3) is 0.0137. The van der Waals surface area contributed by atoms with Gasteiger partial charge in [0.05, 0.1) is 10.5 Å². The number of nitrogens with zero attached hydrogens (tertiary/aromatic N) is 1. The highest BCUT2D eigenvalue weighted by Crippen LogP contribution is 2.56. The maximum absolute atomic E-state index is 12.2. The number of benzene rings is 12. The summed E-state index contributed by atoms with van der Waals surface area (Å²) in [4.78, 5) is 12.0. The second-order valence-electron chi connectivity index (χ2n) is 19.0. The van der Waals surface area contributed by atoms with Gasteiger partial charge in [-0.2, -0.15) is 0 Å². The van der Waals surface area contributed by atoms with Crippen LogP contribution in [-0.2, 0) is 6.42 Å². The Labute approximate surface area is 444 Å².